The number of rotatable bonds is 6. The van der Waals surface area contributed by atoms with Crippen LogP contribution in [0.25, 0.3) is 5.69 Å². The summed E-state index contributed by atoms with van der Waals surface area (Å²) in [6.07, 6.45) is 4.81. The minimum atomic E-state index is -0.0902. The molecule has 1 heterocycles. The van der Waals surface area contributed by atoms with Gasteiger partial charge in [-0.25, -0.2) is 9.67 Å². The number of nitrogens with zero attached hydrogens (tertiary/aromatic N) is 3. The number of hydrogen-bond acceptors (Lipinski definition) is 4. The molecule has 26 heavy (non-hydrogen) atoms. The highest BCUT2D eigenvalue weighted by atomic mass is 16.2. The van der Waals surface area contributed by atoms with E-state index < -0.39 is 0 Å². The van der Waals surface area contributed by atoms with Crippen LogP contribution in [0.1, 0.15) is 28.8 Å². The van der Waals surface area contributed by atoms with E-state index >= 15 is 0 Å². The molecular weight excluding hydrogens is 330 g/mol. The minimum absolute atomic E-state index is 0.00766. The van der Waals surface area contributed by atoms with Gasteiger partial charge in [-0.15, -0.1) is 0 Å². The van der Waals surface area contributed by atoms with Gasteiger partial charge in [-0.1, -0.05) is 12.2 Å². The van der Waals surface area contributed by atoms with Crippen LogP contribution in [-0.4, -0.2) is 39.2 Å². The lowest BCUT2D eigenvalue weighted by molar-refractivity contribution is -0.122. The fourth-order valence-electron chi connectivity index (χ4n) is 3.12. The number of carbonyl (C=O) groups is 2. The van der Waals surface area contributed by atoms with E-state index in [0.29, 0.717) is 18.0 Å². The molecule has 0 radical (unpaired) electrons. The van der Waals surface area contributed by atoms with Crippen molar-refractivity contribution in [1.82, 2.24) is 25.4 Å². The van der Waals surface area contributed by atoms with E-state index in [0.717, 1.165) is 29.7 Å². The van der Waals surface area contributed by atoms with Crippen LogP contribution >= 0.6 is 0 Å². The van der Waals surface area contributed by atoms with Gasteiger partial charge < -0.3 is 10.6 Å². The highest BCUT2D eigenvalue weighted by Crippen LogP contribution is 2.36. The molecular formula is C19H21N5O2. The lowest BCUT2D eigenvalue weighted by Crippen LogP contribution is -2.31. The first-order valence-corrected chi connectivity index (χ1v) is 8.75. The van der Waals surface area contributed by atoms with E-state index in [1.54, 1.807) is 17.1 Å². The Labute approximate surface area is 151 Å². The fourth-order valence-corrected chi connectivity index (χ4v) is 3.12. The maximum atomic E-state index is 12.4. The summed E-state index contributed by atoms with van der Waals surface area (Å²) in [4.78, 5) is 28.2. The number of aryl methyl sites for hydroxylation is 1. The molecule has 134 valence electrons. The van der Waals surface area contributed by atoms with Crippen molar-refractivity contribution in [2.75, 3.05) is 6.54 Å². The van der Waals surface area contributed by atoms with Crippen molar-refractivity contribution in [3.05, 3.63) is 54.1 Å². The molecule has 1 aromatic carbocycles. The fraction of sp³-hybridized carbons (Fsp3) is 0.368. The third-order valence-corrected chi connectivity index (χ3v) is 5.02. The molecule has 2 saturated carbocycles. The van der Waals surface area contributed by atoms with Crippen LogP contribution in [0.2, 0.25) is 0 Å². The lowest BCUT2D eigenvalue weighted by atomic mass is 10.1. The van der Waals surface area contributed by atoms with Crippen molar-refractivity contribution in [3.63, 3.8) is 0 Å². The molecule has 1 unspecified atom stereocenters. The summed E-state index contributed by atoms with van der Waals surface area (Å²) in [7, 11) is 0. The maximum absolute atomic E-state index is 12.4. The first-order chi connectivity index (χ1) is 12.5. The molecule has 0 saturated heterocycles. The molecule has 3 atom stereocenters. The van der Waals surface area contributed by atoms with Crippen LogP contribution in [0.4, 0.5) is 0 Å². The van der Waals surface area contributed by atoms with Gasteiger partial charge in [0.05, 0.1) is 11.6 Å². The van der Waals surface area contributed by atoms with Gasteiger partial charge in [0, 0.05) is 18.2 Å². The summed E-state index contributed by atoms with van der Waals surface area (Å²) < 4.78 is 1.67. The minimum Gasteiger partial charge on any atom is -0.355 e. The van der Waals surface area contributed by atoms with E-state index in [-0.39, 0.29) is 23.8 Å². The molecule has 0 spiro atoms. The lowest BCUT2D eigenvalue weighted by Gasteiger charge is -2.09. The monoisotopic (exact) mass is 351 g/mol. The average Bonchev–Trinajstić information content (AvgIpc) is 3.47. The number of amides is 2. The van der Waals surface area contributed by atoms with E-state index in [2.05, 4.69) is 27.3 Å². The van der Waals surface area contributed by atoms with Gasteiger partial charge in [0.2, 0.25) is 5.91 Å². The molecule has 2 aliphatic rings. The van der Waals surface area contributed by atoms with Crippen molar-refractivity contribution in [1.29, 1.82) is 0 Å². The van der Waals surface area contributed by atoms with Crippen LogP contribution < -0.4 is 10.6 Å². The molecule has 2 aliphatic carbocycles. The first kappa shape index (κ1) is 16.5. The molecule has 2 fully saturated rings. The van der Waals surface area contributed by atoms with Crippen molar-refractivity contribution in [2.24, 2.45) is 11.8 Å². The third-order valence-electron chi connectivity index (χ3n) is 5.02. The van der Waals surface area contributed by atoms with Gasteiger partial charge in [0.25, 0.3) is 5.91 Å². The first-order valence-electron chi connectivity index (χ1n) is 8.75. The Bertz CT molecular complexity index is 874. The van der Waals surface area contributed by atoms with E-state index in [1.165, 1.54) is 6.33 Å². The normalized spacial score (nSPS) is 23.4. The van der Waals surface area contributed by atoms with Gasteiger partial charge in [-0.3, -0.25) is 9.59 Å². The second-order valence-electron chi connectivity index (χ2n) is 7.08. The molecule has 7 heteroatoms. The Morgan fingerprint density at radius 3 is 2.85 bits per heavy atom. The zero-order valence-electron chi connectivity index (χ0n) is 14.6. The van der Waals surface area contributed by atoms with Crippen LogP contribution in [0.5, 0.6) is 0 Å². The third kappa shape index (κ3) is 3.37. The van der Waals surface area contributed by atoms with E-state index in [4.69, 9.17) is 0 Å². The molecule has 2 N–H and O–H groups in total. The summed E-state index contributed by atoms with van der Waals surface area (Å²) in [6.45, 7) is 6.35. The van der Waals surface area contributed by atoms with Gasteiger partial charge in [0.15, 0.2) is 0 Å². The number of carbonyl (C=O) groups excluding carboxylic acids is 2. The smallest absolute Gasteiger partial charge is 0.251 e. The molecule has 0 aliphatic heterocycles. The number of aromatic nitrogens is 3. The molecule has 2 amide bonds. The van der Waals surface area contributed by atoms with E-state index in [9.17, 15) is 9.59 Å². The molecule has 1 aromatic heterocycles. The summed E-state index contributed by atoms with van der Waals surface area (Å²) in [5.74, 6) is 0.289. The number of hydrogen-bond donors (Lipinski definition) is 2. The second-order valence-corrected chi connectivity index (χ2v) is 7.08. The van der Waals surface area contributed by atoms with Crippen LogP contribution in [-0.2, 0) is 4.79 Å². The quantitative estimate of drug-likeness (QED) is 0.770. The zero-order valence-corrected chi connectivity index (χ0v) is 14.6. The Morgan fingerprint density at radius 1 is 1.38 bits per heavy atom. The SMILES string of the molecule is C=C1CC1C(=O)NC[C@@H]1C[C@H]1NC(=O)c1ccc(-n2cncn2)c(C)c1. The Balaban J connectivity index is 1.29. The predicted molar refractivity (Wildman–Crippen MR) is 95.7 cm³/mol. The topological polar surface area (TPSA) is 88.9 Å². The van der Waals surface area contributed by atoms with Crippen LogP contribution in [0.15, 0.2) is 43.0 Å². The summed E-state index contributed by atoms with van der Waals surface area (Å²) in [5.41, 5.74) is 3.48. The van der Waals surface area contributed by atoms with Gasteiger partial charge >= 0.3 is 0 Å². The second kappa shape index (κ2) is 6.40. The summed E-state index contributed by atoms with van der Waals surface area (Å²) >= 11 is 0. The van der Waals surface area contributed by atoms with Gasteiger partial charge in [-0.2, -0.15) is 5.10 Å². The molecule has 2 aromatic rings. The van der Waals surface area contributed by atoms with Gasteiger partial charge in [0.1, 0.15) is 12.7 Å². The molecule has 7 nitrogen and oxygen atoms in total. The number of benzene rings is 1. The van der Waals surface area contributed by atoms with Crippen molar-refractivity contribution in [2.45, 2.75) is 25.8 Å². The Hall–Kier alpha value is -2.96. The number of nitrogens with one attached hydrogen (secondary N) is 2. The summed E-state index contributed by atoms with van der Waals surface area (Å²) in [6, 6.07) is 5.63. The van der Waals surface area contributed by atoms with Gasteiger partial charge in [-0.05, 0) is 49.4 Å². The van der Waals surface area contributed by atoms with Crippen molar-refractivity contribution >= 4 is 11.8 Å². The Kier molecular flexibility index (Phi) is 4.06. The highest BCUT2D eigenvalue weighted by molar-refractivity contribution is 5.95. The molecule has 0 bridgehead atoms. The summed E-state index contributed by atoms with van der Waals surface area (Å²) in [5, 5.41) is 10.1. The highest BCUT2D eigenvalue weighted by Gasteiger charge is 2.40. The average molecular weight is 351 g/mol. The van der Waals surface area contributed by atoms with E-state index in [1.807, 2.05) is 19.1 Å². The maximum Gasteiger partial charge on any atom is 0.251 e. The molecule has 4 rings (SSSR count). The van der Waals surface area contributed by atoms with Crippen molar-refractivity contribution < 1.29 is 9.59 Å². The Morgan fingerprint density at radius 2 is 2.19 bits per heavy atom. The standard InChI is InChI=1S/C19H21N5O2/c1-11-6-15(11)19(26)21-8-14-7-16(14)23-18(25)13-3-4-17(12(2)5-13)24-10-20-9-22-24/h3-5,9-10,14-16H,1,6-8H2,2H3,(H,21,26)(H,23,25)/t14-,15?,16+/m0/s1. The van der Waals surface area contributed by atoms with Crippen LogP contribution in [0, 0.1) is 18.8 Å². The largest absolute Gasteiger partial charge is 0.355 e. The predicted octanol–water partition coefficient (Wildman–Crippen LogP) is 1.39. The zero-order chi connectivity index (χ0) is 18.3. The van der Waals surface area contributed by atoms with Crippen molar-refractivity contribution in [3.8, 4) is 5.69 Å². The van der Waals surface area contributed by atoms with Crippen LogP contribution in [0.3, 0.4) is 0 Å².